The lowest BCUT2D eigenvalue weighted by Crippen LogP contribution is -2.36. The Balaban J connectivity index is 1.77. The second kappa shape index (κ2) is 8.71. The Morgan fingerprint density at radius 2 is 1.86 bits per heavy atom. The lowest BCUT2D eigenvalue weighted by atomic mass is 10.1. The SMILES string of the molecule is Cc1ccc(C(=O)OCc2cccc([N+](=O)[O-])c2)cc1S(=O)(=O)N1CCCCC1. The zero-order valence-electron chi connectivity index (χ0n) is 16.0. The summed E-state index contributed by atoms with van der Waals surface area (Å²) in [7, 11) is -3.68. The molecule has 1 aliphatic rings. The van der Waals surface area contributed by atoms with Crippen molar-refractivity contribution in [3.8, 4) is 0 Å². The van der Waals surface area contributed by atoms with E-state index >= 15 is 0 Å². The molecule has 3 rings (SSSR count). The fourth-order valence-corrected chi connectivity index (χ4v) is 5.01. The monoisotopic (exact) mass is 418 g/mol. The summed E-state index contributed by atoms with van der Waals surface area (Å²) < 4.78 is 32.6. The molecule has 1 aliphatic heterocycles. The summed E-state index contributed by atoms with van der Waals surface area (Å²) in [4.78, 5) is 22.9. The number of piperidine rings is 1. The maximum atomic E-state index is 13.0. The highest BCUT2D eigenvalue weighted by molar-refractivity contribution is 7.89. The number of nitrogens with zero attached hydrogens (tertiary/aromatic N) is 2. The van der Waals surface area contributed by atoms with Gasteiger partial charge in [-0.3, -0.25) is 10.1 Å². The van der Waals surface area contributed by atoms with Crippen molar-refractivity contribution < 1.29 is 22.9 Å². The molecule has 2 aromatic rings. The van der Waals surface area contributed by atoms with Crippen molar-refractivity contribution in [1.29, 1.82) is 0 Å². The van der Waals surface area contributed by atoms with E-state index in [4.69, 9.17) is 4.74 Å². The summed E-state index contributed by atoms with van der Waals surface area (Å²) in [5.41, 5.74) is 1.06. The molecule has 1 heterocycles. The number of hydrogen-bond donors (Lipinski definition) is 0. The van der Waals surface area contributed by atoms with Crippen molar-refractivity contribution in [3.05, 3.63) is 69.3 Å². The highest BCUT2D eigenvalue weighted by atomic mass is 32.2. The summed E-state index contributed by atoms with van der Waals surface area (Å²) in [6, 6.07) is 10.2. The van der Waals surface area contributed by atoms with Crippen LogP contribution < -0.4 is 0 Å². The first-order valence-corrected chi connectivity index (χ1v) is 10.7. The molecule has 0 aromatic heterocycles. The first kappa shape index (κ1) is 20.9. The fraction of sp³-hybridized carbons (Fsp3) is 0.350. The number of benzene rings is 2. The van der Waals surface area contributed by atoms with Gasteiger partial charge in [-0.25, -0.2) is 13.2 Å². The van der Waals surface area contributed by atoms with E-state index in [1.807, 2.05) is 0 Å². The van der Waals surface area contributed by atoms with E-state index in [2.05, 4.69) is 0 Å². The van der Waals surface area contributed by atoms with Gasteiger partial charge in [-0.1, -0.05) is 24.6 Å². The maximum absolute atomic E-state index is 13.0. The number of hydrogen-bond acceptors (Lipinski definition) is 6. The Morgan fingerprint density at radius 3 is 2.55 bits per heavy atom. The number of carbonyl (C=O) groups is 1. The Bertz CT molecular complexity index is 1030. The number of esters is 1. The van der Waals surface area contributed by atoms with Gasteiger partial charge < -0.3 is 4.74 Å². The predicted octanol–water partition coefficient (Wildman–Crippen LogP) is 3.43. The molecule has 8 nitrogen and oxygen atoms in total. The second-order valence-corrected chi connectivity index (χ2v) is 8.85. The highest BCUT2D eigenvalue weighted by Gasteiger charge is 2.28. The summed E-state index contributed by atoms with van der Waals surface area (Å²) in [5.74, 6) is -0.688. The highest BCUT2D eigenvalue weighted by Crippen LogP contribution is 2.25. The summed E-state index contributed by atoms with van der Waals surface area (Å²) >= 11 is 0. The average Bonchev–Trinajstić information content (AvgIpc) is 2.73. The maximum Gasteiger partial charge on any atom is 0.338 e. The number of carbonyl (C=O) groups excluding carboxylic acids is 1. The molecule has 9 heteroatoms. The smallest absolute Gasteiger partial charge is 0.338 e. The zero-order chi connectivity index (χ0) is 21.0. The quantitative estimate of drug-likeness (QED) is 0.404. The first-order valence-electron chi connectivity index (χ1n) is 9.30. The minimum atomic E-state index is -3.68. The minimum absolute atomic E-state index is 0.0937. The first-order chi connectivity index (χ1) is 13.8. The van der Waals surface area contributed by atoms with Crippen LogP contribution in [0, 0.1) is 17.0 Å². The van der Waals surface area contributed by atoms with Gasteiger partial charge in [0.05, 0.1) is 15.4 Å². The fourth-order valence-electron chi connectivity index (χ4n) is 3.24. The van der Waals surface area contributed by atoms with Crippen molar-refractivity contribution >= 4 is 21.7 Å². The molecule has 0 atom stereocenters. The van der Waals surface area contributed by atoms with E-state index in [-0.39, 0.29) is 22.8 Å². The molecule has 1 saturated heterocycles. The third kappa shape index (κ3) is 4.80. The van der Waals surface area contributed by atoms with Crippen LogP contribution in [0.4, 0.5) is 5.69 Å². The number of ether oxygens (including phenoxy) is 1. The summed E-state index contributed by atoms with van der Waals surface area (Å²) in [6.45, 7) is 2.49. The summed E-state index contributed by atoms with van der Waals surface area (Å²) in [6.07, 6.45) is 2.65. The van der Waals surface area contributed by atoms with Gasteiger partial charge in [-0.15, -0.1) is 0 Å². The third-order valence-corrected chi connectivity index (χ3v) is 6.89. The molecule has 0 spiro atoms. The van der Waals surface area contributed by atoms with Gasteiger partial charge >= 0.3 is 5.97 Å². The van der Waals surface area contributed by atoms with Crippen LogP contribution in [0.15, 0.2) is 47.4 Å². The molecule has 0 aliphatic carbocycles. The molecule has 0 bridgehead atoms. The lowest BCUT2D eigenvalue weighted by molar-refractivity contribution is -0.384. The van der Waals surface area contributed by atoms with Crippen LogP contribution in [0.3, 0.4) is 0 Å². The molecule has 0 N–H and O–H groups in total. The Kier molecular flexibility index (Phi) is 6.29. The molecule has 154 valence electrons. The molecule has 29 heavy (non-hydrogen) atoms. The van der Waals surface area contributed by atoms with E-state index in [0.717, 1.165) is 19.3 Å². The number of nitro groups is 1. The Labute approximate surface area is 169 Å². The number of nitro benzene ring substituents is 1. The molecular weight excluding hydrogens is 396 g/mol. The van der Waals surface area contributed by atoms with Crippen LogP contribution in [0.1, 0.15) is 40.7 Å². The number of non-ortho nitro benzene ring substituents is 1. The largest absolute Gasteiger partial charge is 0.457 e. The number of sulfonamides is 1. The summed E-state index contributed by atoms with van der Waals surface area (Å²) in [5, 5.41) is 10.8. The van der Waals surface area contributed by atoms with Crippen LogP contribution in [0.2, 0.25) is 0 Å². The Morgan fingerprint density at radius 1 is 1.14 bits per heavy atom. The van der Waals surface area contributed by atoms with Crippen molar-refractivity contribution in [3.63, 3.8) is 0 Å². The molecule has 2 aromatic carbocycles. The third-order valence-electron chi connectivity index (χ3n) is 4.85. The number of aryl methyl sites for hydroxylation is 1. The van der Waals surface area contributed by atoms with Crippen molar-refractivity contribution in [2.75, 3.05) is 13.1 Å². The van der Waals surface area contributed by atoms with Crippen molar-refractivity contribution in [2.24, 2.45) is 0 Å². The van der Waals surface area contributed by atoms with Gasteiger partial charge in [0, 0.05) is 25.2 Å². The van der Waals surface area contributed by atoms with Gasteiger partial charge in [0.2, 0.25) is 10.0 Å². The van der Waals surface area contributed by atoms with E-state index in [1.165, 1.54) is 34.6 Å². The minimum Gasteiger partial charge on any atom is -0.457 e. The molecule has 0 radical (unpaired) electrons. The van der Waals surface area contributed by atoms with Gasteiger partial charge in [0.15, 0.2) is 0 Å². The van der Waals surface area contributed by atoms with Gasteiger partial charge in [-0.2, -0.15) is 4.31 Å². The molecular formula is C20H22N2O6S. The van der Waals surface area contributed by atoms with Crippen LogP contribution in [-0.2, 0) is 21.4 Å². The standard InChI is InChI=1S/C20H22N2O6S/c1-15-8-9-17(13-19(15)29(26,27)21-10-3-2-4-11-21)20(23)28-14-16-6-5-7-18(12-16)22(24)25/h5-9,12-13H,2-4,10-11,14H2,1H3. The van der Waals surface area contributed by atoms with Crippen molar-refractivity contribution in [2.45, 2.75) is 37.7 Å². The predicted molar refractivity (Wildman–Crippen MR) is 106 cm³/mol. The van der Waals surface area contributed by atoms with Crippen LogP contribution >= 0.6 is 0 Å². The zero-order valence-corrected chi connectivity index (χ0v) is 16.9. The number of rotatable bonds is 6. The normalized spacial score (nSPS) is 15.1. The lowest BCUT2D eigenvalue weighted by Gasteiger charge is -2.26. The van der Waals surface area contributed by atoms with Crippen LogP contribution in [0.25, 0.3) is 0 Å². The van der Waals surface area contributed by atoms with E-state index in [1.54, 1.807) is 19.1 Å². The molecule has 0 saturated carbocycles. The topological polar surface area (TPSA) is 107 Å². The van der Waals surface area contributed by atoms with Crippen LogP contribution in [-0.4, -0.2) is 36.7 Å². The Hall–Kier alpha value is -2.78. The molecule has 0 amide bonds. The van der Waals surface area contributed by atoms with Gasteiger partial charge in [0.1, 0.15) is 6.61 Å². The second-order valence-electron chi connectivity index (χ2n) is 6.95. The average molecular weight is 418 g/mol. The van der Waals surface area contributed by atoms with E-state index in [9.17, 15) is 23.3 Å². The van der Waals surface area contributed by atoms with Gasteiger partial charge in [-0.05, 0) is 43.0 Å². The van der Waals surface area contributed by atoms with Crippen molar-refractivity contribution in [1.82, 2.24) is 4.31 Å². The van der Waals surface area contributed by atoms with E-state index < -0.39 is 20.9 Å². The molecule has 0 unspecified atom stereocenters. The van der Waals surface area contributed by atoms with Gasteiger partial charge in [0.25, 0.3) is 5.69 Å². The van der Waals surface area contributed by atoms with E-state index in [0.29, 0.717) is 24.2 Å². The van der Waals surface area contributed by atoms with Crippen LogP contribution in [0.5, 0.6) is 0 Å². The molecule has 1 fully saturated rings.